The number of carbonyl (C=O) groups excluding carboxylic acids is 1. The van der Waals surface area contributed by atoms with Crippen LogP contribution >= 0.6 is 31.9 Å². The zero-order valence-electron chi connectivity index (χ0n) is 11.4. The molecule has 2 aromatic rings. The summed E-state index contributed by atoms with van der Waals surface area (Å²) >= 11 is 7.23. The lowest BCUT2D eigenvalue weighted by molar-refractivity contribution is -0.116. The molecule has 2 aromatic carbocycles. The van der Waals surface area contributed by atoms with E-state index in [-0.39, 0.29) is 10.7 Å². The predicted molar refractivity (Wildman–Crippen MR) is 92.9 cm³/mol. The average Bonchev–Trinajstić information content (AvgIpc) is 2.67. The van der Waals surface area contributed by atoms with Gasteiger partial charge in [0.05, 0.1) is 4.83 Å². The molecule has 0 spiro atoms. The first-order valence-corrected chi connectivity index (χ1v) is 8.66. The molecule has 1 amide bonds. The maximum absolute atomic E-state index is 11.6. The lowest BCUT2D eigenvalue weighted by atomic mass is 9.99. The molecule has 0 radical (unpaired) electrons. The summed E-state index contributed by atoms with van der Waals surface area (Å²) in [6.45, 7) is 0. The first kappa shape index (κ1) is 14.8. The van der Waals surface area contributed by atoms with Crippen LogP contribution in [0.2, 0.25) is 0 Å². The SMILES string of the molecule is O=C1CCCc2cc(C(Br)c3ccc(Br)cc3)ccc2N1. The van der Waals surface area contributed by atoms with Gasteiger partial charge in [0.2, 0.25) is 5.91 Å². The van der Waals surface area contributed by atoms with Crippen LogP contribution in [-0.2, 0) is 11.2 Å². The lowest BCUT2D eigenvalue weighted by Gasteiger charge is -2.14. The van der Waals surface area contributed by atoms with Crippen LogP contribution in [-0.4, -0.2) is 5.91 Å². The van der Waals surface area contributed by atoms with E-state index < -0.39 is 0 Å². The molecule has 1 unspecified atom stereocenters. The Morgan fingerprint density at radius 2 is 1.71 bits per heavy atom. The van der Waals surface area contributed by atoms with Gasteiger partial charge < -0.3 is 5.32 Å². The molecule has 3 rings (SSSR count). The van der Waals surface area contributed by atoms with Crippen LogP contribution in [0, 0.1) is 0 Å². The number of nitrogens with one attached hydrogen (secondary N) is 1. The maximum Gasteiger partial charge on any atom is 0.224 e. The van der Waals surface area contributed by atoms with E-state index in [1.54, 1.807) is 0 Å². The highest BCUT2D eigenvalue weighted by Gasteiger charge is 2.16. The number of rotatable bonds is 2. The Hall–Kier alpha value is -1.13. The number of fused-ring (bicyclic) bond motifs is 1. The fraction of sp³-hybridized carbons (Fsp3) is 0.235. The molecule has 0 saturated heterocycles. The summed E-state index contributed by atoms with van der Waals surface area (Å²) < 4.78 is 1.08. The van der Waals surface area contributed by atoms with Gasteiger partial charge in [-0.05, 0) is 47.7 Å². The van der Waals surface area contributed by atoms with Gasteiger partial charge in [0, 0.05) is 16.6 Å². The van der Waals surface area contributed by atoms with Gasteiger partial charge in [0.25, 0.3) is 0 Å². The first-order chi connectivity index (χ1) is 10.1. The van der Waals surface area contributed by atoms with Crippen molar-refractivity contribution in [1.82, 2.24) is 0 Å². The van der Waals surface area contributed by atoms with Crippen LogP contribution in [0.15, 0.2) is 46.9 Å². The van der Waals surface area contributed by atoms with E-state index in [4.69, 9.17) is 0 Å². The molecule has 1 heterocycles. The third kappa shape index (κ3) is 3.38. The van der Waals surface area contributed by atoms with Crippen molar-refractivity contribution < 1.29 is 4.79 Å². The van der Waals surface area contributed by atoms with Crippen molar-refractivity contribution in [1.29, 1.82) is 0 Å². The normalized spacial score (nSPS) is 15.8. The standard InChI is InChI=1S/C17H15Br2NO/c18-14-7-4-11(5-8-14)17(19)13-6-9-15-12(10-13)2-1-3-16(21)20-15/h4-10,17H,1-3H2,(H,20,21). The molecule has 2 nitrogen and oxygen atoms in total. The molecule has 1 aliphatic heterocycles. The monoisotopic (exact) mass is 407 g/mol. The number of carbonyl (C=O) groups is 1. The van der Waals surface area contributed by atoms with Crippen LogP contribution in [0.25, 0.3) is 0 Å². The molecule has 1 atom stereocenters. The van der Waals surface area contributed by atoms with E-state index in [0.717, 1.165) is 23.0 Å². The quantitative estimate of drug-likeness (QED) is 0.679. The second-order valence-electron chi connectivity index (χ2n) is 5.23. The van der Waals surface area contributed by atoms with E-state index in [9.17, 15) is 4.79 Å². The molecular formula is C17H15Br2NO. The second-order valence-corrected chi connectivity index (χ2v) is 7.06. The predicted octanol–water partition coefficient (Wildman–Crippen LogP) is 5.21. The molecule has 1 aliphatic rings. The Balaban J connectivity index is 1.91. The van der Waals surface area contributed by atoms with E-state index >= 15 is 0 Å². The highest BCUT2D eigenvalue weighted by atomic mass is 79.9. The highest BCUT2D eigenvalue weighted by molar-refractivity contribution is 9.10. The molecule has 4 heteroatoms. The molecule has 21 heavy (non-hydrogen) atoms. The van der Waals surface area contributed by atoms with Crippen molar-refractivity contribution in [2.45, 2.75) is 24.1 Å². The first-order valence-electron chi connectivity index (χ1n) is 6.96. The highest BCUT2D eigenvalue weighted by Crippen LogP contribution is 2.34. The van der Waals surface area contributed by atoms with E-state index in [0.29, 0.717) is 6.42 Å². The Kier molecular flexibility index (Phi) is 4.45. The molecule has 0 aliphatic carbocycles. The summed E-state index contributed by atoms with van der Waals surface area (Å²) in [5.41, 5.74) is 4.61. The minimum Gasteiger partial charge on any atom is -0.326 e. The van der Waals surface area contributed by atoms with Gasteiger partial charge in [-0.2, -0.15) is 0 Å². The summed E-state index contributed by atoms with van der Waals surface area (Å²) in [7, 11) is 0. The zero-order chi connectivity index (χ0) is 14.8. The summed E-state index contributed by atoms with van der Waals surface area (Å²) in [5, 5.41) is 2.98. The van der Waals surface area contributed by atoms with Gasteiger partial charge in [-0.15, -0.1) is 0 Å². The summed E-state index contributed by atoms with van der Waals surface area (Å²) in [5.74, 6) is 0.116. The third-order valence-electron chi connectivity index (χ3n) is 3.71. The smallest absolute Gasteiger partial charge is 0.224 e. The third-order valence-corrected chi connectivity index (χ3v) is 5.29. The molecule has 1 N–H and O–H groups in total. The number of aryl methyl sites for hydroxylation is 1. The van der Waals surface area contributed by atoms with Gasteiger partial charge in [-0.3, -0.25) is 4.79 Å². The topological polar surface area (TPSA) is 29.1 Å². The molecule has 0 saturated carbocycles. The molecule has 0 aromatic heterocycles. The van der Waals surface area contributed by atoms with Crippen LogP contribution < -0.4 is 5.32 Å². The van der Waals surface area contributed by atoms with Crippen molar-refractivity contribution in [3.63, 3.8) is 0 Å². The Labute approximate surface area is 141 Å². The van der Waals surface area contributed by atoms with Gasteiger partial charge in [-0.1, -0.05) is 56.1 Å². The number of amides is 1. The fourth-order valence-electron chi connectivity index (χ4n) is 2.58. The second kappa shape index (κ2) is 6.32. The van der Waals surface area contributed by atoms with Crippen molar-refractivity contribution in [3.05, 3.63) is 63.6 Å². The summed E-state index contributed by atoms with van der Waals surface area (Å²) in [6.07, 6.45) is 2.46. The Bertz CT molecular complexity index is 667. The minimum absolute atomic E-state index is 0.116. The molecule has 0 bridgehead atoms. The van der Waals surface area contributed by atoms with Crippen molar-refractivity contribution in [2.24, 2.45) is 0 Å². The number of anilines is 1. The van der Waals surface area contributed by atoms with Crippen LogP contribution in [0.3, 0.4) is 0 Å². The molecule has 0 fully saturated rings. The van der Waals surface area contributed by atoms with Gasteiger partial charge in [0.1, 0.15) is 0 Å². The van der Waals surface area contributed by atoms with Crippen LogP contribution in [0.4, 0.5) is 5.69 Å². The van der Waals surface area contributed by atoms with E-state index in [1.165, 1.54) is 16.7 Å². The summed E-state index contributed by atoms with van der Waals surface area (Å²) in [4.78, 5) is 11.8. The van der Waals surface area contributed by atoms with Gasteiger partial charge >= 0.3 is 0 Å². The Morgan fingerprint density at radius 3 is 2.48 bits per heavy atom. The lowest BCUT2D eigenvalue weighted by Crippen LogP contribution is -2.09. The number of alkyl halides is 1. The zero-order valence-corrected chi connectivity index (χ0v) is 14.6. The average molecular weight is 409 g/mol. The molecule has 108 valence electrons. The van der Waals surface area contributed by atoms with Crippen LogP contribution in [0.1, 0.15) is 34.4 Å². The number of halogens is 2. The minimum atomic E-state index is 0.116. The molecular weight excluding hydrogens is 394 g/mol. The van der Waals surface area contributed by atoms with Crippen molar-refractivity contribution in [2.75, 3.05) is 5.32 Å². The van der Waals surface area contributed by atoms with Crippen molar-refractivity contribution in [3.8, 4) is 0 Å². The van der Waals surface area contributed by atoms with Crippen LogP contribution in [0.5, 0.6) is 0 Å². The maximum atomic E-state index is 11.6. The largest absolute Gasteiger partial charge is 0.326 e. The van der Waals surface area contributed by atoms with Crippen molar-refractivity contribution >= 4 is 43.5 Å². The number of hydrogen-bond acceptors (Lipinski definition) is 1. The number of benzene rings is 2. The van der Waals surface area contributed by atoms with Gasteiger partial charge in [-0.25, -0.2) is 0 Å². The van der Waals surface area contributed by atoms with E-state index in [1.807, 2.05) is 18.2 Å². The van der Waals surface area contributed by atoms with Gasteiger partial charge in [0.15, 0.2) is 0 Å². The van der Waals surface area contributed by atoms with E-state index in [2.05, 4.69) is 61.4 Å². The number of hydrogen-bond donors (Lipinski definition) is 1. The summed E-state index contributed by atoms with van der Waals surface area (Å²) in [6, 6.07) is 14.6. The Morgan fingerprint density at radius 1 is 1.00 bits per heavy atom. The fourth-order valence-corrected chi connectivity index (χ4v) is 3.43.